The lowest BCUT2D eigenvalue weighted by molar-refractivity contribution is 0.0181. The fourth-order valence-corrected chi connectivity index (χ4v) is 3.85. The molecule has 1 aromatic rings. The minimum Gasteiger partial charge on any atom is -0.496 e. The van der Waals surface area contributed by atoms with Gasteiger partial charge in [-0.05, 0) is 32.0 Å². The minimum absolute atomic E-state index is 0.610. The number of benzene rings is 1. The molecule has 0 aliphatic carbocycles. The molecule has 0 N–H and O–H groups in total. The summed E-state index contributed by atoms with van der Waals surface area (Å²) in [4.78, 5) is 5.16. The smallest absolute Gasteiger partial charge is 0.165 e. The van der Waals surface area contributed by atoms with Gasteiger partial charge in [-0.3, -0.25) is 9.80 Å². The van der Waals surface area contributed by atoms with Crippen LogP contribution in [0.1, 0.15) is 24.8 Å². The van der Waals surface area contributed by atoms with Crippen molar-refractivity contribution >= 4 is 0 Å². The van der Waals surface area contributed by atoms with Crippen LogP contribution in [0.25, 0.3) is 0 Å². The van der Waals surface area contributed by atoms with Crippen LogP contribution in [0.5, 0.6) is 17.2 Å². The fraction of sp³-hybridized carbons (Fsp3) is 0.667. The number of fused-ring (bicyclic) bond motifs is 1. The van der Waals surface area contributed by atoms with Gasteiger partial charge in [0, 0.05) is 37.3 Å². The third kappa shape index (κ3) is 3.12. The molecule has 0 atom stereocenters. The number of methoxy groups -OCH3 is 1. The summed E-state index contributed by atoms with van der Waals surface area (Å²) in [6, 6.07) is 4.80. The van der Waals surface area contributed by atoms with E-state index in [0.717, 1.165) is 42.9 Å². The molecule has 4 rings (SSSR count). The molecular weight excluding hydrogens is 292 g/mol. The average molecular weight is 318 g/mol. The summed E-state index contributed by atoms with van der Waals surface area (Å²) in [5.41, 5.74) is 1.19. The first-order chi connectivity index (χ1) is 11.3. The quantitative estimate of drug-likeness (QED) is 0.850. The van der Waals surface area contributed by atoms with Gasteiger partial charge in [0.15, 0.2) is 11.5 Å². The number of hydrogen-bond acceptors (Lipinski definition) is 5. The molecule has 3 aliphatic heterocycles. The Balaban J connectivity index is 1.39. The van der Waals surface area contributed by atoms with Crippen LogP contribution in [0.4, 0.5) is 0 Å². The van der Waals surface area contributed by atoms with Crippen molar-refractivity contribution in [3.05, 3.63) is 17.7 Å². The van der Waals surface area contributed by atoms with Crippen molar-refractivity contribution in [2.75, 3.05) is 46.5 Å². The van der Waals surface area contributed by atoms with Gasteiger partial charge in [0.1, 0.15) is 19.0 Å². The molecule has 0 bridgehead atoms. The van der Waals surface area contributed by atoms with Crippen LogP contribution in [0.3, 0.4) is 0 Å². The molecule has 5 heteroatoms. The topological polar surface area (TPSA) is 34.2 Å². The van der Waals surface area contributed by atoms with Gasteiger partial charge in [0.05, 0.1) is 7.11 Å². The second-order valence-electron chi connectivity index (χ2n) is 6.75. The summed E-state index contributed by atoms with van der Waals surface area (Å²) in [5.74, 6) is 2.54. The van der Waals surface area contributed by atoms with E-state index in [4.69, 9.17) is 14.2 Å². The normalized spacial score (nSPS) is 22.7. The fourth-order valence-electron chi connectivity index (χ4n) is 3.85. The van der Waals surface area contributed by atoms with E-state index < -0.39 is 0 Å². The van der Waals surface area contributed by atoms with Crippen molar-refractivity contribution in [3.8, 4) is 17.2 Å². The first kappa shape index (κ1) is 15.1. The maximum atomic E-state index is 5.71. The molecule has 0 saturated carbocycles. The molecule has 0 unspecified atom stereocenters. The van der Waals surface area contributed by atoms with E-state index in [1.54, 1.807) is 7.11 Å². The molecule has 126 valence electrons. The Bertz CT molecular complexity index is 551. The van der Waals surface area contributed by atoms with Crippen LogP contribution in [-0.4, -0.2) is 62.3 Å². The maximum Gasteiger partial charge on any atom is 0.165 e. The standard InChI is InChI=1S/C18H26N2O3/c1-21-16-10-18-17(22-7-8-23-18)9-14(16)11-19-12-15(13-19)20-5-3-2-4-6-20/h9-10,15H,2-8,11-13H2,1H3. The Hall–Kier alpha value is -1.46. The van der Waals surface area contributed by atoms with E-state index >= 15 is 0 Å². The lowest BCUT2D eigenvalue weighted by atomic mass is 10.0. The van der Waals surface area contributed by atoms with Crippen LogP contribution < -0.4 is 14.2 Å². The Morgan fingerprint density at radius 2 is 1.74 bits per heavy atom. The second kappa shape index (κ2) is 6.57. The van der Waals surface area contributed by atoms with Crippen LogP contribution in [-0.2, 0) is 6.54 Å². The lowest BCUT2D eigenvalue weighted by Gasteiger charge is -2.47. The van der Waals surface area contributed by atoms with Crippen molar-refractivity contribution in [3.63, 3.8) is 0 Å². The summed E-state index contributed by atoms with van der Waals surface area (Å²) in [7, 11) is 1.72. The minimum atomic E-state index is 0.610. The Morgan fingerprint density at radius 3 is 2.43 bits per heavy atom. The molecule has 3 aliphatic rings. The zero-order valence-corrected chi connectivity index (χ0v) is 13.9. The summed E-state index contributed by atoms with van der Waals surface area (Å²) >= 11 is 0. The number of likely N-dealkylation sites (tertiary alicyclic amines) is 2. The van der Waals surface area contributed by atoms with Crippen LogP contribution in [0, 0.1) is 0 Å². The summed E-state index contributed by atoms with van der Waals surface area (Å²) < 4.78 is 16.9. The van der Waals surface area contributed by atoms with Crippen LogP contribution in [0.15, 0.2) is 12.1 Å². The first-order valence-electron chi connectivity index (χ1n) is 8.76. The van der Waals surface area contributed by atoms with Gasteiger partial charge >= 0.3 is 0 Å². The molecule has 3 heterocycles. The summed E-state index contributed by atoms with van der Waals surface area (Å²) in [5, 5.41) is 0. The predicted octanol–water partition coefficient (Wildman–Crippen LogP) is 2.14. The highest BCUT2D eigenvalue weighted by molar-refractivity contribution is 5.51. The predicted molar refractivity (Wildman–Crippen MR) is 88.5 cm³/mol. The highest BCUT2D eigenvalue weighted by Crippen LogP contribution is 2.37. The lowest BCUT2D eigenvalue weighted by Crippen LogP contribution is -2.59. The summed E-state index contributed by atoms with van der Waals surface area (Å²) in [6.07, 6.45) is 4.14. The molecule has 2 fully saturated rings. The molecule has 1 aromatic carbocycles. The largest absolute Gasteiger partial charge is 0.496 e. The van der Waals surface area contributed by atoms with Gasteiger partial charge in [-0.15, -0.1) is 0 Å². The zero-order chi connectivity index (χ0) is 15.6. The van der Waals surface area contributed by atoms with Crippen molar-refractivity contribution in [2.45, 2.75) is 31.8 Å². The molecule has 0 aromatic heterocycles. The van der Waals surface area contributed by atoms with Gasteiger partial charge in [0.25, 0.3) is 0 Å². The van der Waals surface area contributed by atoms with E-state index in [-0.39, 0.29) is 0 Å². The second-order valence-corrected chi connectivity index (χ2v) is 6.75. The van der Waals surface area contributed by atoms with Crippen molar-refractivity contribution in [2.24, 2.45) is 0 Å². The zero-order valence-electron chi connectivity index (χ0n) is 13.9. The third-order valence-corrected chi connectivity index (χ3v) is 5.18. The van der Waals surface area contributed by atoms with Gasteiger partial charge in [-0.25, -0.2) is 0 Å². The number of nitrogens with zero attached hydrogens (tertiary/aromatic N) is 2. The van der Waals surface area contributed by atoms with Gasteiger partial charge < -0.3 is 14.2 Å². The molecule has 0 spiro atoms. The average Bonchev–Trinajstić information content (AvgIpc) is 2.57. The van der Waals surface area contributed by atoms with Crippen LogP contribution in [0.2, 0.25) is 0 Å². The summed E-state index contributed by atoms with van der Waals surface area (Å²) in [6.45, 7) is 7.05. The SMILES string of the molecule is COc1cc2c(cc1CN1CC(N3CCCCC3)C1)OCCO2. The molecular formula is C18H26N2O3. The van der Waals surface area contributed by atoms with Crippen molar-refractivity contribution in [1.82, 2.24) is 9.80 Å². The van der Waals surface area contributed by atoms with Gasteiger partial charge in [0.2, 0.25) is 0 Å². The maximum absolute atomic E-state index is 5.71. The highest BCUT2D eigenvalue weighted by Gasteiger charge is 2.32. The molecule has 0 radical (unpaired) electrons. The Labute approximate surface area is 138 Å². The van der Waals surface area contributed by atoms with E-state index in [1.807, 2.05) is 6.07 Å². The van der Waals surface area contributed by atoms with E-state index in [9.17, 15) is 0 Å². The van der Waals surface area contributed by atoms with Gasteiger partial charge in [-0.1, -0.05) is 6.42 Å². The third-order valence-electron chi connectivity index (χ3n) is 5.18. The first-order valence-corrected chi connectivity index (χ1v) is 8.76. The van der Waals surface area contributed by atoms with E-state index in [2.05, 4.69) is 15.9 Å². The van der Waals surface area contributed by atoms with Crippen LogP contribution >= 0.6 is 0 Å². The van der Waals surface area contributed by atoms with Gasteiger partial charge in [-0.2, -0.15) is 0 Å². The Morgan fingerprint density at radius 1 is 1.04 bits per heavy atom. The number of ether oxygens (including phenoxy) is 3. The number of piperidine rings is 1. The molecule has 2 saturated heterocycles. The molecule has 0 amide bonds. The number of rotatable bonds is 4. The monoisotopic (exact) mass is 318 g/mol. The molecule has 23 heavy (non-hydrogen) atoms. The number of hydrogen-bond donors (Lipinski definition) is 0. The molecule has 5 nitrogen and oxygen atoms in total. The Kier molecular flexibility index (Phi) is 4.31. The highest BCUT2D eigenvalue weighted by atomic mass is 16.6. The van der Waals surface area contributed by atoms with Crippen molar-refractivity contribution < 1.29 is 14.2 Å². The van der Waals surface area contributed by atoms with E-state index in [1.165, 1.54) is 37.9 Å². The van der Waals surface area contributed by atoms with Crippen molar-refractivity contribution in [1.29, 1.82) is 0 Å². The van der Waals surface area contributed by atoms with E-state index in [0.29, 0.717) is 13.2 Å².